The third-order valence-electron chi connectivity index (χ3n) is 5.88. The number of hydrogen-bond donors (Lipinski definition) is 2. The van der Waals surface area contributed by atoms with Crippen molar-refractivity contribution in [1.82, 2.24) is 14.5 Å². The molecule has 5 rings (SSSR count). The SMILES string of the molecule is O=C(O)N1CC2(C[C@@H](C3c4ccccc4-c4cncn43)[C@H]2O)C1. The maximum Gasteiger partial charge on any atom is 0.407 e. The van der Waals surface area contributed by atoms with Crippen LogP contribution in [0.4, 0.5) is 4.79 Å². The molecule has 1 saturated carbocycles. The largest absolute Gasteiger partial charge is 0.465 e. The van der Waals surface area contributed by atoms with Gasteiger partial charge >= 0.3 is 6.09 Å². The van der Waals surface area contributed by atoms with Crippen molar-refractivity contribution in [3.63, 3.8) is 0 Å². The molecule has 3 heterocycles. The molecule has 1 spiro atoms. The quantitative estimate of drug-likeness (QED) is 0.842. The first kappa shape index (κ1) is 13.1. The van der Waals surface area contributed by atoms with Crippen molar-refractivity contribution in [1.29, 1.82) is 0 Å². The second-order valence-electron chi connectivity index (χ2n) is 7.03. The highest BCUT2D eigenvalue weighted by atomic mass is 16.4. The molecule has 1 aromatic heterocycles. The maximum absolute atomic E-state index is 11.0. The molecule has 118 valence electrons. The lowest BCUT2D eigenvalue weighted by Gasteiger charge is -2.62. The summed E-state index contributed by atoms with van der Waals surface area (Å²) in [6, 6.07) is 8.37. The number of aliphatic hydroxyl groups is 1. The fourth-order valence-corrected chi connectivity index (χ4v) is 4.75. The summed E-state index contributed by atoms with van der Waals surface area (Å²) in [5.74, 6) is 0.113. The number of fused-ring (bicyclic) bond motifs is 3. The number of carbonyl (C=O) groups is 1. The van der Waals surface area contributed by atoms with Gasteiger partial charge in [0.1, 0.15) is 0 Å². The highest BCUT2D eigenvalue weighted by Gasteiger charge is 2.63. The summed E-state index contributed by atoms with van der Waals surface area (Å²) in [6.45, 7) is 0.899. The minimum absolute atomic E-state index is 0.100. The topological polar surface area (TPSA) is 78.6 Å². The summed E-state index contributed by atoms with van der Waals surface area (Å²) >= 11 is 0. The van der Waals surface area contributed by atoms with E-state index in [0.717, 1.165) is 12.1 Å². The predicted molar refractivity (Wildman–Crippen MR) is 81.9 cm³/mol. The minimum Gasteiger partial charge on any atom is -0.465 e. The Labute approximate surface area is 133 Å². The van der Waals surface area contributed by atoms with E-state index in [0.29, 0.717) is 13.1 Å². The highest BCUT2D eigenvalue weighted by molar-refractivity contribution is 5.69. The third-order valence-corrected chi connectivity index (χ3v) is 5.88. The number of nitrogens with zero attached hydrogens (tertiary/aromatic N) is 3. The molecule has 3 aliphatic rings. The number of aromatic nitrogens is 2. The number of likely N-dealkylation sites (tertiary alicyclic amines) is 1. The zero-order valence-corrected chi connectivity index (χ0v) is 12.5. The van der Waals surface area contributed by atoms with Crippen LogP contribution in [0.2, 0.25) is 0 Å². The van der Waals surface area contributed by atoms with E-state index < -0.39 is 12.2 Å². The number of aliphatic hydroxyl groups excluding tert-OH is 1. The van der Waals surface area contributed by atoms with Crippen LogP contribution < -0.4 is 0 Å². The van der Waals surface area contributed by atoms with Gasteiger partial charge in [0, 0.05) is 30.0 Å². The van der Waals surface area contributed by atoms with Gasteiger partial charge in [-0.1, -0.05) is 24.3 Å². The van der Waals surface area contributed by atoms with Crippen molar-refractivity contribution in [2.75, 3.05) is 13.1 Å². The third kappa shape index (κ3) is 1.51. The standard InChI is InChI=1S/C17H17N3O3/c21-15-12(5-17(15)7-19(8-17)16(22)23)14-11-4-2-1-3-10(11)13-6-18-9-20(13)14/h1-4,6,9,12,14-15,21H,5,7-8H2,(H,22,23)/t12-,14?,15+/m0/s1. The molecule has 6 heteroatoms. The Kier molecular flexibility index (Phi) is 2.36. The van der Waals surface area contributed by atoms with Crippen LogP contribution in [0.5, 0.6) is 0 Å². The number of rotatable bonds is 1. The van der Waals surface area contributed by atoms with E-state index in [4.69, 9.17) is 5.11 Å². The van der Waals surface area contributed by atoms with E-state index in [-0.39, 0.29) is 17.4 Å². The molecule has 1 saturated heterocycles. The van der Waals surface area contributed by atoms with E-state index in [9.17, 15) is 9.90 Å². The second-order valence-corrected chi connectivity index (χ2v) is 7.03. The molecular formula is C17H17N3O3. The second kappa shape index (κ2) is 4.14. The molecule has 23 heavy (non-hydrogen) atoms. The van der Waals surface area contributed by atoms with Crippen molar-refractivity contribution in [2.45, 2.75) is 18.6 Å². The lowest BCUT2D eigenvalue weighted by molar-refractivity contribution is -0.194. The zero-order valence-electron chi connectivity index (χ0n) is 12.5. The van der Waals surface area contributed by atoms with Crippen LogP contribution in [-0.2, 0) is 0 Å². The molecule has 1 aliphatic carbocycles. The molecule has 1 aromatic carbocycles. The lowest BCUT2D eigenvalue weighted by atomic mass is 9.53. The van der Waals surface area contributed by atoms with Gasteiger partial charge in [-0.3, -0.25) is 0 Å². The molecule has 1 amide bonds. The van der Waals surface area contributed by atoms with Crippen molar-refractivity contribution in [2.24, 2.45) is 11.3 Å². The van der Waals surface area contributed by atoms with Crippen molar-refractivity contribution in [3.8, 4) is 11.3 Å². The van der Waals surface area contributed by atoms with Gasteiger partial charge in [0.2, 0.25) is 0 Å². The van der Waals surface area contributed by atoms with Crippen LogP contribution in [0, 0.1) is 11.3 Å². The number of benzene rings is 1. The van der Waals surface area contributed by atoms with E-state index in [1.807, 2.05) is 24.7 Å². The van der Waals surface area contributed by atoms with E-state index in [2.05, 4.69) is 21.7 Å². The molecular weight excluding hydrogens is 294 g/mol. The van der Waals surface area contributed by atoms with Crippen LogP contribution in [0.1, 0.15) is 18.0 Å². The van der Waals surface area contributed by atoms with Crippen LogP contribution in [0.25, 0.3) is 11.3 Å². The van der Waals surface area contributed by atoms with Gasteiger partial charge in [-0.2, -0.15) is 0 Å². The Morgan fingerprint density at radius 2 is 2.09 bits per heavy atom. The lowest BCUT2D eigenvalue weighted by Crippen LogP contribution is -2.71. The van der Waals surface area contributed by atoms with Gasteiger partial charge in [0.15, 0.2) is 0 Å². The first-order valence-electron chi connectivity index (χ1n) is 7.88. The maximum atomic E-state index is 11.0. The monoisotopic (exact) mass is 311 g/mol. The summed E-state index contributed by atoms with van der Waals surface area (Å²) in [5.41, 5.74) is 3.28. The fraction of sp³-hybridized carbons (Fsp3) is 0.412. The van der Waals surface area contributed by atoms with Crippen molar-refractivity contribution < 1.29 is 15.0 Å². The Morgan fingerprint density at radius 3 is 2.83 bits per heavy atom. The summed E-state index contributed by atoms with van der Waals surface area (Å²) in [6.07, 6.45) is 3.20. The number of hydrogen-bond acceptors (Lipinski definition) is 3. The van der Waals surface area contributed by atoms with Crippen LogP contribution in [0.15, 0.2) is 36.8 Å². The molecule has 0 radical (unpaired) electrons. The normalized spacial score (nSPS) is 29.6. The molecule has 2 aromatic rings. The molecule has 6 nitrogen and oxygen atoms in total. The average Bonchev–Trinajstić information content (AvgIpc) is 3.06. The summed E-state index contributed by atoms with van der Waals surface area (Å²) in [7, 11) is 0. The Hall–Kier alpha value is -2.34. The molecule has 2 N–H and O–H groups in total. The summed E-state index contributed by atoms with van der Waals surface area (Å²) < 4.78 is 2.15. The van der Waals surface area contributed by atoms with Gasteiger partial charge < -0.3 is 19.7 Å². The minimum atomic E-state index is -0.894. The van der Waals surface area contributed by atoms with Gasteiger partial charge in [-0.05, 0) is 12.0 Å². The van der Waals surface area contributed by atoms with Gasteiger partial charge in [0.05, 0.1) is 30.4 Å². The molecule has 2 fully saturated rings. The van der Waals surface area contributed by atoms with Crippen LogP contribution in [-0.4, -0.2) is 50.0 Å². The van der Waals surface area contributed by atoms with E-state index in [1.54, 1.807) is 0 Å². The Bertz CT molecular complexity index is 809. The summed E-state index contributed by atoms with van der Waals surface area (Å²) in [4.78, 5) is 16.6. The predicted octanol–water partition coefficient (Wildman–Crippen LogP) is 1.81. The summed E-state index contributed by atoms with van der Waals surface area (Å²) in [5, 5.41) is 19.8. The first-order chi connectivity index (χ1) is 11.1. The molecule has 3 atom stereocenters. The zero-order chi connectivity index (χ0) is 15.8. The number of imidazole rings is 1. The van der Waals surface area contributed by atoms with Crippen LogP contribution >= 0.6 is 0 Å². The van der Waals surface area contributed by atoms with Gasteiger partial charge in [-0.15, -0.1) is 0 Å². The first-order valence-corrected chi connectivity index (χ1v) is 7.88. The average molecular weight is 311 g/mol. The van der Waals surface area contributed by atoms with Gasteiger partial charge in [-0.25, -0.2) is 9.78 Å². The molecule has 0 bridgehead atoms. The molecule has 2 aliphatic heterocycles. The van der Waals surface area contributed by atoms with Crippen molar-refractivity contribution >= 4 is 6.09 Å². The highest BCUT2D eigenvalue weighted by Crippen LogP contribution is 2.59. The van der Waals surface area contributed by atoms with Gasteiger partial charge in [0.25, 0.3) is 0 Å². The fourth-order valence-electron chi connectivity index (χ4n) is 4.75. The smallest absolute Gasteiger partial charge is 0.407 e. The van der Waals surface area contributed by atoms with Crippen LogP contribution in [0.3, 0.4) is 0 Å². The number of amides is 1. The Morgan fingerprint density at radius 1 is 1.30 bits per heavy atom. The number of carboxylic acid groups (broad SMARTS) is 1. The van der Waals surface area contributed by atoms with E-state index in [1.165, 1.54) is 16.0 Å². The Balaban J connectivity index is 1.45. The molecule has 1 unspecified atom stereocenters. The van der Waals surface area contributed by atoms with Crippen molar-refractivity contribution in [3.05, 3.63) is 42.4 Å². The van der Waals surface area contributed by atoms with E-state index >= 15 is 0 Å².